The first-order valence-corrected chi connectivity index (χ1v) is 6.70. The highest BCUT2D eigenvalue weighted by Gasteiger charge is 2.19. The zero-order valence-electron chi connectivity index (χ0n) is 12.1. The van der Waals surface area contributed by atoms with Crippen LogP contribution in [0.3, 0.4) is 0 Å². The van der Waals surface area contributed by atoms with Crippen molar-refractivity contribution in [1.29, 1.82) is 0 Å². The first-order valence-electron chi connectivity index (χ1n) is 6.70. The molecule has 0 aliphatic carbocycles. The third kappa shape index (κ3) is 5.03. The second kappa shape index (κ2) is 8.21. The molecule has 0 unspecified atom stereocenters. The van der Waals surface area contributed by atoms with Gasteiger partial charge in [-0.1, -0.05) is 13.3 Å². The lowest BCUT2D eigenvalue weighted by atomic mass is 10.1. The highest BCUT2D eigenvalue weighted by Crippen LogP contribution is 2.29. The molecule has 1 aromatic rings. The molecule has 0 heterocycles. The fraction of sp³-hybridized carbons (Fsp3) is 0.500. The highest BCUT2D eigenvalue weighted by atomic mass is 16.6. The van der Waals surface area contributed by atoms with Gasteiger partial charge in [0.15, 0.2) is 0 Å². The van der Waals surface area contributed by atoms with E-state index in [1.807, 2.05) is 0 Å². The van der Waals surface area contributed by atoms with Crippen LogP contribution in [0.25, 0.3) is 0 Å². The number of nitrogens with zero attached hydrogens (tertiary/aromatic N) is 1. The number of rotatable bonds is 9. The van der Waals surface area contributed by atoms with E-state index in [0.29, 0.717) is 18.8 Å². The summed E-state index contributed by atoms with van der Waals surface area (Å²) in [7, 11) is 0. The average molecular weight is 297 g/mol. The van der Waals surface area contributed by atoms with Crippen LogP contribution in [0.5, 0.6) is 5.75 Å². The first kappa shape index (κ1) is 16.9. The van der Waals surface area contributed by atoms with Gasteiger partial charge in [0.25, 0.3) is 5.69 Å². The number of unbranched alkanes of at least 4 members (excludes halogenated alkanes) is 1. The van der Waals surface area contributed by atoms with Crippen LogP contribution in [0.2, 0.25) is 0 Å². The predicted molar refractivity (Wildman–Crippen MR) is 76.0 cm³/mol. The van der Waals surface area contributed by atoms with Gasteiger partial charge >= 0.3 is 5.97 Å². The van der Waals surface area contributed by atoms with E-state index < -0.39 is 10.9 Å². The Morgan fingerprint density at radius 2 is 2.05 bits per heavy atom. The van der Waals surface area contributed by atoms with Crippen molar-refractivity contribution in [2.24, 2.45) is 0 Å². The van der Waals surface area contributed by atoms with Gasteiger partial charge in [-0.15, -0.1) is 0 Å². The largest absolute Gasteiger partial charge is 0.491 e. The molecule has 0 aromatic heterocycles. The number of benzene rings is 1. The van der Waals surface area contributed by atoms with E-state index in [2.05, 4.69) is 6.92 Å². The molecular weight excluding hydrogens is 278 g/mol. The normalized spacial score (nSPS) is 10.4. The zero-order valence-corrected chi connectivity index (χ0v) is 12.1. The van der Waals surface area contributed by atoms with Crippen molar-refractivity contribution in [3.8, 4) is 5.75 Å². The molecular formula is C14H19NO6. The van der Waals surface area contributed by atoms with E-state index in [0.717, 1.165) is 18.9 Å². The van der Waals surface area contributed by atoms with Crippen molar-refractivity contribution < 1.29 is 24.3 Å². The second-order valence-corrected chi connectivity index (χ2v) is 4.50. The Labute approximate surface area is 122 Å². The maximum Gasteiger partial charge on any atom is 0.336 e. The second-order valence-electron chi connectivity index (χ2n) is 4.50. The van der Waals surface area contributed by atoms with Gasteiger partial charge in [0, 0.05) is 12.7 Å². The number of carboxylic acid groups (broad SMARTS) is 1. The van der Waals surface area contributed by atoms with E-state index in [-0.39, 0.29) is 23.6 Å². The molecule has 0 radical (unpaired) electrons. The smallest absolute Gasteiger partial charge is 0.336 e. The summed E-state index contributed by atoms with van der Waals surface area (Å²) in [4.78, 5) is 21.3. The molecule has 116 valence electrons. The van der Waals surface area contributed by atoms with Crippen molar-refractivity contribution >= 4 is 11.7 Å². The summed E-state index contributed by atoms with van der Waals surface area (Å²) in [5, 5.41) is 19.9. The van der Waals surface area contributed by atoms with E-state index in [9.17, 15) is 14.9 Å². The molecule has 1 N–H and O–H groups in total. The molecule has 0 spiro atoms. The number of ether oxygens (including phenoxy) is 2. The van der Waals surface area contributed by atoms with E-state index in [4.69, 9.17) is 14.6 Å². The van der Waals surface area contributed by atoms with Crippen LogP contribution in [-0.4, -0.2) is 35.8 Å². The van der Waals surface area contributed by atoms with E-state index >= 15 is 0 Å². The van der Waals surface area contributed by atoms with Crippen molar-refractivity contribution in [2.45, 2.75) is 26.7 Å². The molecule has 1 rings (SSSR count). The number of nitro groups is 1. The topological polar surface area (TPSA) is 98.9 Å². The number of carbonyl (C=O) groups is 1. The maximum atomic E-state index is 11.0. The standard InChI is InChI=1S/C14H19NO6/c1-3-4-5-20-6-7-21-13-9-11(14(16)17)8-12(10(13)2)15(18)19/h8-9H,3-7H2,1-2H3,(H,16,17). The number of aromatic carboxylic acids is 1. The Balaban J connectivity index is 2.76. The number of carboxylic acids is 1. The van der Waals surface area contributed by atoms with Crippen molar-refractivity contribution in [3.63, 3.8) is 0 Å². The average Bonchev–Trinajstić information content (AvgIpc) is 2.43. The minimum Gasteiger partial charge on any atom is -0.491 e. The van der Waals surface area contributed by atoms with Crippen LogP contribution in [0.4, 0.5) is 5.69 Å². The molecule has 7 heteroatoms. The Kier molecular flexibility index (Phi) is 6.61. The number of nitro benzene ring substituents is 1. The summed E-state index contributed by atoms with van der Waals surface area (Å²) in [6, 6.07) is 2.32. The number of hydrogen-bond donors (Lipinski definition) is 1. The Morgan fingerprint density at radius 3 is 2.62 bits per heavy atom. The Bertz CT molecular complexity index is 514. The van der Waals surface area contributed by atoms with Gasteiger partial charge in [-0.3, -0.25) is 10.1 Å². The minimum absolute atomic E-state index is 0.172. The van der Waals surface area contributed by atoms with Gasteiger partial charge in [0.1, 0.15) is 12.4 Å². The quantitative estimate of drug-likeness (QED) is 0.427. The van der Waals surface area contributed by atoms with Crippen LogP contribution < -0.4 is 4.74 Å². The monoisotopic (exact) mass is 297 g/mol. The molecule has 1 aromatic carbocycles. The summed E-state index contributed by atoms with van der Waals surface area (Å²) in [5.74, 6) is -1.04. The van der Waals surface area contributed by atoms with Gasteiger partial charge in [0.2, 0.25) is 0 Å². The maximum absolute atomic E-state index is 11.0. The molecule has 0 bridgehead atoms. The molecule has 21 heavy (non-hydrogen) atoms. The van der Waals surface area contributed by atoms with Crippen LogP contribution >= 0.6 is 0 Å². The van der Waals surface area contributed by atoms with Crippen LogP contribution in [0.1, 0.15) is 35.7 Å². The van der Waals surface area contributed by atoms with Gasteiger partial charge in [-0.25, -0.2) is 4.79 Å². The fourth-order valence-electron chi connectivity index (χ4n) is 1.69. The third-order valence-corrected chi connectivity index (χ3v) is 2.90. The van der Waals surface area contributed by atoms with Crippen molar-refractivity contribution in [2.75, 3.05) is 19.8 Å². The van der Waals surface area contributed by atoms with Gasteiger partial charge in [-0.2, -0.15) is 0 Å². The number of hydrogen-bond acceptors (Lipinski definition) is 5. The molecule has 0 saturated carbocycles. The lowest BCUT2D eigenvalue weighted by Gasteiger charge is -2.10. The lowest BCUT2D eigenvalue weighted by molar-refractivity contribution is -0.385. The molecule has 0 aliphatic rings. The fourth-order valence-corrected chi connectivity index (χ4v) is 1.69. The van der Waals surface area contributed by atoms with E-state index in [1.165, 1.54) is 13.0 Å². The Hall–Kier alpha value is -2.15. The molecule has 0 saturated heterocycles. The van der Waals surface area contributed by atoms with E-state index in [1.54, 1.807) is 0 Å². The summed E-state index contributed by atoms with van der Waals surface area (Å²) < 4.78 is 10.7. The van der Waals surface area contributed by atoms with Gasteiger partial charge in [-0.05, 0) is 19.4 Å². The van der Waals surface area contributed by atoms with Crippen LogP contribution in [0.15, 0.2) is 12.1 Å². The van der Waals surface area contributed by atoms with Crippen molar-refractivity contribution in [1.82, 2.24) is 0 Å². The van der Waals surface area contributed by atoms with Gasteiger partial charge < -0.3 is 14.6 Å². The van der Waals surface area contributed by atoms with Crippen LogP contribution in [0, 0.1) is 17.0 Å². The van der Waals surface area contributed by atoms with Gasteiger partial charge in [0.05, 0.1) is 22.7 Å². The summed E-state index contributed by atoms with van der Waals surface area (Å²) in [6.07, 6.45) is 1.99. The summed E-state index contributed by atoms with van der Waals surface area (Å²) in [6.45, 7) is 4.78. The Morgan fingerprint density at radius 1 is 1.33 bits per heavy atom. The van der Waals surface area contributed by atoms with Crippen LogP contribution in [-0.2, 0) is 4.74 Å². The first-order chi connectivity index (χ1) is 9.97. The third-order valence-electron chi connectivity index (χ3n) is 2.90. The SMILES string of the molecule is CCCCOCCOc1cc(C(=O)O)cc([N+](=O)[O-])c1C. The predicted octanol–water partition coefficient (Wildman–Crippen LogP) is 2.80. The van der Waals surface area contributed by atoms with Crippen molar-refractivity contribution in [3.05, 3.63) is 33.4 Å². The lowest BCUT2D eigenvalue weighted by Crippen LogP contribution is -2.09. The molecule has 0 atom stereocenters. The molecule has 0 fully saturated rings. The molecule has 0 aliphatic heterocycles. The summed E-state index contributed by atoms with van der Waals surface area (Å²) >= 11 is 0. The highest BCUT2D eigenvalue weighted by molar-refractivity contribution is 5.89. The molecule has 7 nitrogen and oxygen atoms in total. The zero-order chi connectivity index (χ0) is 15.8. The minimum atomic E-state index is -1.23. The summed E-state index contributed by atoms with van der Waals surface area (Å²) in [5.41, 5.74) is -0.135. The molecule has 0 amide bonds.